The summed E-state index contributed by atoms with van der Waals surface area (Å²) < 4.78 is 15.7. The summed E-state index contributed by atoms with van der Waals surface area (Å²) in [5.41, 5.74) is 0.825. The van der Waals surface area contributed by atoms with Crippen LogP contribution in [0, 0.1) is 0 Å². The summed E-state index contributed by atoms with van der Waals surface area (Å²) in [6.07, 6.45) is 2.41. The Labute approximate surface area is 140 Å². The van der Waals surface area contributed by atoms with E-state index in [9.17, 15) is 4.79 Å². The largest absolute Gasteiger partial charge is 0.497 e. The number of nitrogens with zero attached hydrogens (tertiary/aromatic N) is 2. The van der Waals surface area contributed by atoms with Crippen LogP contribution in [0.2, 0.25) is 0 Å². The van der Waals surface area contributed by atoms with Crippen molar-refractivity contribution in [2.45, 2.75) is 19.4 Å². The second-order valence-corrected chi connectivity index (χ2v) is 5.72. The van der Waals surface area contributed by atoms with Crippen LogP contribution >= 0.6 is 0 Å². The molecule has 1 aromatic carbocycles. The fraction of sp³-hybridized carbons (Fsp3) is 0.412. The molecule has 1 N–H and O–H groups in total. The molecule has 0 atom stereocenters. The van der Waals surface area contributed by atoms with Gasteiger partial charge < -0.3 is 19.3 Å². The van der Waals surface area contributed by atoms with Gasteiger partial charge in [-0.25, -0.2) is 0 Å². The summed E-state index contributed by atoms with van der Waals surface area (Å²) >= 11 is 0. The zero-order valence-corrected chi connectivity index (χ0v) is 13.9. The van der Waals surface area contributed by atoms with E-state index in [1.54, 1.807) is 38.5 Å². The fourth-order valence-electron chi connectivity index (χ4n) is 2.73. The third kappa shape index (κ3) is 3.86. The van der Waals surface area contributed by atoms with Gasteiger partial charge in [0.2, 0.25) is 0 Å². The molecule has 0 spiro atoms. The van der Waals surface area contributed by atoms with E-state index in [0.717, 1.165) is 13.1 Å². The van der Waals surface area contributed by atoms with Crippen molar-refractivity contribution in [2.75, 3.05) is 32.6 Å². The molecule has 1 aromatic heterocycles. The molecule has 128 valence electrons. The molecule has 2 heterocycles. The molecular weight excluding hydrogens is 310 g/mol. The molecule has 1 aliphatic rings. The third-order valence-electron chi connectivity index (χ3n) is 3.98. The molecule has 24 heavy (non-hydrogen) atoms. The van der Waals surface area contributed by atoms with E-state index < -0.39 is 0 Å². The van der Waals surface area contributed by atoms with Crippen LogP contribution in [-0.2, 0) is 6.54 Å². The Morgan fingerprint density at radius 2 is 1.83 bits per heavy atom. The number of nitrogens with one attached hydrogen (secondary N) is 1. The quantitative estimate of drug-likeness (QED) is 0.876. The van der Waals surface area contributed by atoms with Crippen LogP contribution in [0.1, 0.15) is 29.1 Å². The van der Waals surface area contributed by atoms with Gasteiger partial charge in [0.05, 0.1) is 20.8 Å². The average Bonchev–Trinajstić information content (AvgIpc) is 3.26. The standard InChI is InChI=1S/C17H21N3O4/c1-22-13-7-12(8-14(9-13)23-2)18-17(21)16-10-15(24-19-16)11-20-5-3-4-6-20/h7-10H,3-6,11H2,1-2H3,(H,18,21). The number of hydrogen-bond donors (Lipinski definition) is 1. The number of benzene rings is 1. The molecule has 7 heteroatoms. The Balaban J connectivity index is 1.67. The number of ether oxygens (including phenoxy) is 2. The van der Waals surface area contributed by atoms with E-state index in [0.29, 0.717) is 29.5 Å². The summed E-state index contributed by atoms with van der Waals surface area (Å²) in [4.78, 5) is 14.6. The first-order chi connectivity index (χ1) is 11.7. The summed E-state index contributed by atoms with van der Waals surface area (Å²) in [5, 5.41) is 6.64. The van der Waals surface area contributed by atoms with Crippen molar-refractivity contribution in [2.24, 2.45) is 0 Å². The lowest BCUT2D eigenvalue weighted by atomic mass is 10.2. The molecule has 1 aliphatic heterocycles. The van der Waals surface area contributed by atoms with Crippen molar-refractivity contribution >= 4 is 11.6 Å². The normalized spacial score (nSPS) is 14.6. The fourth-order valence-corrected chi connectivity index (χ4v) is 2.73. The summed E-state index contributed by atoms with van der Waals surface area (Å²) in [5.74, 6) is 1.56. The summed E-state index contributed by atoms with van der Waals surface area (Å²) in [7, 11) is 3.12. The number of anilines is 1. The van der Waals surface area contributed by atoms with Crippen molar-refractivity contribution < 1.29 is 18.8 Å². The molecule has 0 aliphatic carbocycles. The first kappa shape index (κ1) is 16.3. The molecule has 3 rings (SSSR count). The SMILES string of the molecule is COc1cc(NC(=O)c2cc(CN3CCCC3)on2)cc(OC)c1. The molecule has 0 saturated carbocycles. The van der Waals surface area contributed by atoms with Crippen LogP contribution in [0.25, 0.3) is 0 Å². The minimum atomic E-state index is -0.332. The van der Waals surface area contributed by atoms with E-state index in [1.165, 1.54) is 12.8 Å². The number of carbonyl (C=O) groups excluding carboxylic acids is 1. The van der Waals surface area contributed by atoms with Gasteiger partial charge in [0, 0.05) is 30.0 Å². The maximum absolute atomic E-state index is 12.3. The zero-order chi connectivity index (χ0) is 16.9. The van der Waals surface area contributed by atoms with Gasteiger partial charge in [-0.3, -0.25) is 9.69 Å². The monoisotopic (exact) mass is 331 g/mol. The lowest BCUT2D eigenvalue weighted by Crippen LogP contribution is -2.18. The first-order valence-corrected chi connectivity index (χ1v) is 7.90. The van der Waals surface area contributed by atoms with Gasteiger partial charge in [0.15, 0.2) is 11.5 Å². The number of amides is 1. The van der Waals surface area contributed by atoms with Crippen LogP contribution in [0.5, 0.6) is 11.5 Å². The Bertz CT molecular complexity index is 685. The van der Waals surface area contributed by atoms with Crippen LogP contribution in [0.3, 0.4) is 0 Å². The van der Waals surface area contributed by atoms with E-state index in [-0.39, 0.29) is 11.6 Å². The Kier molecular flexibility index (Phi) is 5.00. The molecule has 0 unspecified atom stereocenters. The van der Waals surface area contributed by atoms with Gasteiger partial charge in [-0.1, -0.05) is 5.16 Å². The summed E-state index contributed by atoms with van der Waals surface area (Å²) in [6.45, 7) is 2.81. The molecule has 2 aromatic rings. The lowest BCUT2D eigenvalue weighted by Gasteiger charge is -2.10. The van der Waals surface area contributed by atoms with Gasteiger partial charge >= 0.3 is 0 Å². The molecular formula is C17H21N3O4. The predicted molar refractivity (Wildman–Crippen MR) is 88.5 cm³/mol. The highest BCUT2D eigenvalue weighted by molar-refractivity contribution is 6.03. The minimum Gasteiger partial charge on any atom is -0.497 e. The van der Waals surface area contributed by atoms with Crippen molar-refractivity contribution in [3.8, 4) is 11.5 Å². The highest BCUT2D eigenvalue weighted by Crippen LogP contribution is 2.26. The Morgan fingerprint density at radius 3 is 2.46 bits per heavy atom. The number of likely N-dealkylation sites (tertiary alicyclic amines) is 1. The van der Waals surface area contributed by atoms with Crippen molar-refractivity contribution in [3.05, 3.63) is 35.7 Å². The Hall–Kier alpha value is -2.54. The number of aromatic nitrogens is 1. The molecule has 1 amide bonds. The third-order valence-corrected chi connectivity index (χ3v) is 3.98. The Morgan fingerprint density at radius 1 is 1.17 bits per heavy atom. The van der Waals surface area contributed by atoms with Crippen LogP contribution in [0.15, 0.2) is 28.8 Å². The molecule has 0 radical (unpaired) electrons. The van der Waals surface area contributed by atoms with E-state index in [1.807, 2.05) is 0 Å². The smallest absolute Gasteiger partial charge is 0.277 e. The predicted octanol–water partition coefficient (Wildman–Crippen LogP) is 2.54. The topological polar surface area (TPSA) is 76.8 Å². The highest BCUT2D eigenvalue weighted by Gasteiger charge is 2.17. The van der Waals surface area contributed by atoms with Gasteiger partial charge in [0.25, 0.3) is 5.91 Å². The maximum atomic E-state index is 12.3. The van der Waals surface area contributed by atoms with Crippen LogP contribution in [0.4, 0.5) is 5.69 Å². The first-order valence-electron chi connectivity index (χ1n) is 7.90. The molecule has 0 bridgehead atoms. The van der Waals surface area contributed by atoms with Gasteiger partial charge in [-0.2, -0.15) is 0 Å². The van der Waals surface area contributed by atoms with Crippen molar-refractivity contribution in [3.63, 3.8) is 0 Å². The van der Waals surface area contributed by atoms with Gasteiger partial charge in [-0.05, 0) is 25.9 Å². The molecule has 7 nitrogen and oxygen atoms in total. The molecule has 1 fully saturated rings. The number of hydrogen-bond acceptors (Lipinski definition) is 6. The second-order valence-electron chi connectivity index (χ2n) is 5.72. The number of carbonyl (C=O) groups is 1. The van der Waals surface area contributed by atoms with Crippen molar-refractivity contribution in [1.29, 1.82) is 0 Å². The maximum Gasteiger partial charge on any atom is 0.277 e. The van der Waals surface area contributed by atoms with E-state index in [2.05, 4.69) is 15.4 Å². The van der Waals surface area contributed by atoms with E-state index in [4.69, 9.17) is 14.0 Å². The summed E-state index contributed by atoms with van der Waals surface area (Å²) in [6, 6.07) is 6.85. The number of rotatable bonds is 6. The zero-order valence-electron chi connectivity index (χ0n) is 13.9. The second kappa shape index (κ2) is 7.35. The van der Waals surface area contributed by atoms with E-state index >= 15 is 0 Å². The number of methoxy groups -OCH3 is 2. The average molecular weight is 331 g/mol. The highest BCUT2D eigenvalue weighted by atomic mass is 16.5. The van der Waals surface area contributed by atoms with Crippen LogP contribution < -0.4 is 14.8 Å². The minimum absolute atomic E-state index is 0.256. The molecule has 1 saturated heterocycles. The van der Waals surface area contributed by atoms with Gasteiger partial charge in [0.1, 0.15) is 11.5 Å². The van der Waals surface area contributed by atoms with Gasteiger partial charge in [-0.15, -0.1) is 0 Å². The van der Waals surface area contributed by atoms with Crippen LogP contribution in [-0.4, -0.2) is 43.3 Å². The van der Waals surface area contributed by atoms with Crippen molar-refractivity contribution in [1.82, 2.24) is 10.1 Å². The lowest BCUT2D eigenvalue weighted by molar-refractivity contribution is 0.101.